The first kappa shape index (κ1) is 19.0. The number of amides is 3. The molecule has 2 aliphatic rings. The van der Waals surface area contributed by atoms with E-state index in [1.165, 1.54) is 0 Å². The van der Waals surface area contributed by atoms with Crippen LogP contribution in [-0.2, 0) is 4.79 Å². The number of fused-ring (bicyclic) bond motifs is 2. The molecule has 0 saturated heterocycles. The van der Waals surface area contributed by atoms with Gasteiger partial charge in [0, 0.05) is 13.0 Å². The monoisotopic (exact) mass is 394 g/mol. The molecule has 0 aliphatic carbocycles. The van der Waals surface area contributed by atoms with Gasteiger partial charge >= 0.3 is 0 Å². The van der Waals surface area contributed by atoms with Gasteiger partial charge in [0.1, 0.15) is 13.2 Å². The van der Waals surface area contributed by atoms with E-state index in [9.17, 15) is 14.4 Å². The Kier molecular flexibility index (Phi) is 4.96. The molecule has 0 aromatic heterocycles. The van der Waals surface area contributed by atoms with Crippen molar-refractivity contribution in [2.45, 2.75) is 26.3 Å². The van der Waals surface area contributed by atoms with Gasteiger partial charge < -0.3 is 14.8 Å². The van der Waals surface area contributed by atoms with Crippen LogP contribution >= 0.6 is 0 Å². The lowest BCUT2D eigenvalue weighted by atomic mass is 10.1. The van der Waals surface area contributed by atoms with E-state index in [4.69, 9.17) is 9.47 Å². The van der Waals surface area contributed by atoms with Crippen molar-refractivity contribution in [3.8, 4) is 11.5 Å². The molecule has 1 atom stereocenters. The third-order valence-corrected chi connectivity index (χ3v) is 5.13. The van der Waals surface area contributed by atoms with Crippen LogP contribution in [0.4, 0.5) is 0 Å². The van der Waals surface area contributed by atoms with Crippen LogP contribution in [0.1, 0.15) is 51.2 Å². The van der Waals surface area contributed by atoms with Gasteiger partial charge in [0.2, 0.25) is 5.91 Å². The van der Waals surface area contributed by atoms with Gasteiger partial charge in [-0.1, -0.05) is 17.7 Å². The smallest absolute Gasteiger partial charge is 0.261 e. The van der Waals surface area contributed by atoms with Crippen LogP contribution in [0.2, 0.25) is 0 Å². The Bertz CT molecular complexity index is 1000. The second-order valence-electron chi connectivity index (χ2n) is 7.25. The van der Waals surface area contributed by atoms with E-state index in [2.05, 4.69) is 5.32 Å². The van der Waals surface area contributed by atoms with Crippen LogP contribution in [-0.4, -0.2) is 42.4 Å². The minimum Gasteiger partial charge on any atom is -0.486 e. The summed E-state index contributed by atoms with van der Waals surface area (Å²) in [5, 5.41) is 2.90. The van der Waals surface area contributed by atoms with Crippen LogP contribution in [0.15, 0.2) is 36.4 Å². The predicted molar refractivity (Wildman–Crippen MR) is 105 cm³/mol. The highest BCUT2D eigenvalue weighted by atomic mass is 16.6. The zero-order chi connectivity index (χ0) is 20.5. The highest BCUT2D eigenvalue weighted by Gasteiger charge is 2.35. The van der Waals surface area contributed by atoms with E-state index >= 15 is 0 Å². The van der Waals surface area contributed by atoms with E-state index < -0.39 is 0 Å². The summed E-state index contributed by atoms with van der Waals surface area (Å²) >= 11 is 0. The molecule has 3 amide bonds. The summed E-state index contributed by atoms with van der Waals surface area (Å²) in [6.45, 7) is 4.81. The second-order valence-corrected chi connectivity index (χ2v) is 7.25. The van der Waals surface area contributed by atoms with Crippen molar-refractivity contribution in [1.82, 2.24) is 10.2 Å². The largest absolute Gasteiger partial charge is 0.486 e. The van der Waals surface area contributed by atoms with Gasteiger partial charge in [0.15, 0.2) is 11.5 Å². The minimum absolute atomic E-state index is 0.0410. The first-order valence-corrected chi connectivity index (χ1v) is 9.60. The summed E-state index contributed by atoms with van der Waals surface area (Å²) in [7, 11) is 0. The van der Waals surface area contributed by atoms with Crippen molar-refractivity contribution in [3.05, 3.63) is 58.7 Å². The highest BCUT2D eigenvalue weighted by molar-refractivity contribution is 6.21. The molecule has 0 bridgehead atoms. The van der Waals surface area contributed by atoms with Crippen LogP contribution < -0.4 is 14.8 Å². The molecule has 7 heteroatoms. The number of carbonyl (C=O) groups is 3. The number of imide groups is 1. The Hall–Kier alpha value is -3.35. The minimum atomic E-state index is -0.349. The zero-order valence-corrected chi connectivity index (χ0v) is 16.4. The average molecular weight is 394 g/mol. The quantitative estimate of drug-likeness (QED) is 0.788. The molecule has 0 fully saturated rings. The molecule has 7 nitrogen and oxygen atoms in total. The van der Waals surface area contributed by atoms with E-state index in [1.807, 2.05) is 32.0 Å². The van der Waals surface area contributed by atoms with Gasteiger partial charge in [-0.25, -0.2) is 0 Å². The normalized spacial score (nSPS) is 15.9. The van der Waals surface area contributed by atoms with E-state index in [1.54, 1.807) is 18.2 Å². The fraction of sp³-hybridized carbons (Fsp3) is 0.318. The lowest BCUT2D eigenvalue weighted by Gasteiger charge is -2.21. The maximum atomic E-state index is 12.5. The fourth-order valence-electron chi connectivity index (χ4n) is 3.55. The van der Waals surface area contributed by atoms with Crippen molar-refractivity contribution >= 4 is 17.7 Å². The third-order valence-electron chi connectivity index (χ3n) is 5.13. The first-order valence-electron chi connectivity index (χ1n) is 9.60. The number of hydrogen-bond acceptors (Lipinski definition) is 5. The molecule has 0 saturated carbocycles. The summed E-state index contributed by atoms with van der Waals surface area (Å²) in [5.41, 5.74) is 2.60. The van der Waals surface area contributed by atoms with Gasteiger partial charge in [0.25, 0.3) is 11.8 Å². The number of nitrogens with one attached hydrogen (secondary N) is 1. The molecule has 150 valence electrons. The molecule has 2 aliphatic heterocycles. The van der Waals surface area contributed by atoms with Crippen molar-refractivity contribution in [2.24, 2.45) is 0 Å². The standard InChI is InChI=1S/C22H22N2O5/c1-13-3-5-16-17(11-13)22(27)24(21(16)26)8-7-20(25)23-14(2)15-4-6-18-19(12-15)29-10-9-28-18/h3-6,11-12,14H,7-10H2,1-2H3,(H,23,25). The number of aryl methyl sites for hydroxylation is 1. The van der Waals surface area contributed by atoms with Crippen LogP contribution in [0.5, 0.6) is 11.5 Å². The number of hydrogen-bond donors (Lipinski definition) is 1. The van der Waals surface area contributed by atoms with Crippen LogP contribution in [0.3, 0.4) is 0 Å². The summed E-state index contributed by atoms with van der Waals surface area (Å²) in [4.78, 5) is 38.5. The molecule has 4 rings (SSSR count). The van der Waals surface area contributed by atoms with Crippen molar-refractivity contribution in [2.75, 3.05) is 19.8 Å². The number of carbonyl (C=O) groups excluding carboxylic acids is 3. The molecule has 2 aromatic carbocycles. The van der Waals surface area contributed by atoms with Gasteiger partial charge in [-0.05, 0) is 43.7 Å². The van der Waals surface area contributed by atoms with Gasteiger partial charge in [-0.3, -0.25) is 19.3 Å². The zero-order valence-electron chi connectivity index (χ0n) is 16.4. The Morgan fingerprint density at radius 1 is 1.03 bits per heavy atom. The fourth-order valence-corrected chi connectivity index (χ4v) is 3.55. The highest BCUT2D eigenvalue weighted by Crippen LogP contribution is 2.32. The van der Waals surface area contributed by atoms with E-state index in [0.29, 0.717) is 35.8 Å². The maximum absolute atomic E-state index is 12.5. The molecular formula is C22H22N2O5. The summed E-state index contributed by atoms with van der Waals surface area (Å²) < 4.78 is 11.1. The van der Waals surface area contributed by atoms with Crippen molar-refractivity contribution < 1.29 is 23.9 Å². The lowest BCUT2D eigenvalue weighted by Crippen LogP contribution is -2.35. The second kappa shape index (κ2) is 7.58. The molecular weight excluding hydrogens is 372 g/mol. The molecule has 29 heavy (non-hydrogen) atoms. The molecule has 0 spiro atoms. The van der Waals surface area contributed by atoms with Gasteiger partial charge in [-0.15, -0.1) is 0 Å². The van der Waals surface area contributed by atoms with Crippen molar-refractivity contribution in [1.29, 1.82) is 0 Å². The number of rotatable bonds is 5. The topological polar surface area (TPSA) is 84.9 Å². The number of ether oxygens (including phenoxy) is 2. The van der Waals surface area contributed by atoms with Crippen LogP contribution in [0, 0.1) is 6.92 Å². The van der Waals surface area contributed by atoms with Crippen molar-refractivity contribution in [3.63, 3.8) is 0 Å². The van der Waals surface area contributed by atoms with E-state index in [-0.39, 0.29) is 36.7 Å². The Morgan fingerprint density at radius 2 is 1.76 bits per heavy atom. The number of nitrogens with zero attached hydrogens (tertiary/aromatic N) is 1. The summed E-state index contributed by atoms with van der Waals surface area (Å²) in [6.07, 6.45) is 0.0410. The molecule has 0 radical (unpaired) electrons. The lowest BCUT2D eigenvalue weighted by molar-refractivity contribution is -0.121. The molecule has 1 N–H and O–H groups in total. The SMILES string of the molecule is Cc1ccc2c(c1)C(=O)N(CCC(=O)NC(C)c1ccc3c(c1)OCCO3)C2=O. The average Bonchev–Trinajstić information content (AvgIpc) is 2.95. The molecule has 2 aromatic rings. The Morgan fingerprint density at radius 3 is 2.55 bits per heavy atom. The summed E-state index contributed by atoms with van der Waals surface area (Å²) in [5.74, 6) is 0.426. The van der Waals surface area contributed by atoms with Gasteiger partial charge in [-0.2, -0.15) is 0 Å². The Labute approximate surface area is 168 Å². The van der Waals surface area contributed by atoms with E-state index in [0.717, 1.165) is 16.0 Å². The number of benzene rings is 2. The predicted octanol–water partition coefficient (Wildman–Crippen LogP) is 2.63. The molecule has 2 heterocycles. The maximum Gasteiger partial charge on any atom is 0.261 e. The van der Waals surface area contributed by atoms with Crippen LogP contribution in [0.25, 0.3) is 0 Å². The summed E-state index contributed by atoms with van der Waals surface area (Å²) in [6, 6.07) is 10.5. The Balaban J connectivity index is 1.36. The first-order chi connectivity index (χ1) is 13.9. The molecule has 1 unspecified atom stereocenters. The van der Waals surface area contributed by atoms with Gasteiger partial charge in [0.05, 0.1) is 17.2 Å². The third kappa shape index (κ3) is 3.68.